The molecule has 0 amide bonds. The fourth-order valence-corrected chi connectivity index (χ4v) is 1.66. The highest BCUT2D eigenvalue weighted by Crippen LogP contribution is 2.27. The normalized spacial score (nSPS) is 10.9. The quantitative estimate of drug-likeness (QED) is 0.829. The molecule has 0 aliphatic heterocycles. The summed E-state index contributed by atoms with van der Waals surface area (Å²) in [6.45, 7) is 8.57. The Morgan fingerprint density at radius 1 is 1.31 bits per heavy atom. The topological polar surface area (TPSA) is 35.8 Å². The van der Waals surface area contributed by atoms with Crippen LogP contribution in [-0.4, -0.2) is 5.54 Å². The molecule has 86 valence electrons. The third kappa shape index (κ3) is 2.55. The lowest BCUT2D eigenvalue weighted by atomic mass is 9.94. The van der Waals surface area contributed by atoms with Crippen molar-refractivity contribution >= 4 is 5.69 Å². The Morgan fingerprint density at radius 2 is 1.94 bits per heavy atom. The molecule has 0 aliphatic rings. The van der Waals surface area contributed by atoms with E-state index in [0.717, 1.165) is 29.7 Å². The van der Waals surface area contributed by atoms with Gasteiger partial charge in [-0.15, -0.1) is 0 Å². The minimum atomic E-state index is 0.0672. The predicted octanol–water partition coefficient (Wildman–Crippen LogP) is 3.86. The SMILES string of the molecule is CCC(C)(CC)Nc1c(C)cccc1C#N. The molecule has 0 aromatic heterocycles. The highest BCUT2D eigenvalue weighted by atomic mass is 15.0. The number of hydrogen-bond acceptors (Lipinski definition) is 2. The Kier molecular flexibility index (Phi) is 3.95. The fraction of sp³-hybridized carbons (Fsp3) is 0.500. The average molecular weight is 216 g/mol. The summed E-state index contributed by atoms with van der Waals surface area (Å²) >= 11 is 0. The van der Waals surface area contributed by atoms with Gasteiger partial charge in [-0.05, 0) is 38.3 Å². The molecule has 0 bridgehead atoms. The summed E-state index contributed by atoms with van der Waals surface area (Å²) in [6, 6.07) is 8.07. The molecule has 1 rings (SSSR count). The zero-order valence-corrected chi connectivity index (χ0v) is 10.6. The van der Waals surface area contributed by atoms with E-state index in [1.165, 1.54) is 0 Å². The van der Waals surface area contributed by atoms with E-state index in [1.54, 1.807) is 0 Å². The molecule has 0 aliphatic carbocycles. The summed E-state index contributed by atoms with van der Waals surface area (Å²) in [4.78, 5) is 0. The number of hydrogen-bond donors (Lipinski definition) is 1. The van der Waals surface area contributed by atoms with Crippen molar-refractivity contribution in [2.45, 2.75) is 46.1 Å². The monoisotopic (exact) mass is 216 g/mol. The maximum Gasteiger partial charge on any atom is 0.101 e. The molecule has 16 heavy (non-hydrogen) atoms. The van der Waals surface area contributed by atoms with Crippen molar-refractivity contribution in [1.29, 1.82) is 5.26 Å². The molecule has 1 aromatic carbocycles. The van der Waals surface area contributed by atoms with Gasteiger partial charge in [0.25, 0.3) is 0 Å². The minimum absolute atomic E-state index is 0.0672. The van der Waals surface area contributed by atoms with Crippen molar-refractivity contribution in [3.05, 3.63) is 29.3 Å². The van der Waals surface area contributed by atoms with Gasteiger partial charge in [0.1, 0.15) is 6.07 Å². The van der Waals surface area contributed by atoms with Crippen molar-refractivity contribution in [1.82, 2.24) is 0 Å². The first-order valence-electron chi connectivity index (χ1n) is 5.84. The second kappa shape index (κ2) is 5.03. The summed E-state index contributed by atoms with van der Waals surface area (Å²) in [5, 5.41) is 12.6. The molecule has 0 heterocycles. The van der Waals surface area contributed by atoms with Gasteiger partial charge in [0, 0.05) is 5.54 Å². The van der Waals surface area contributed by atoms with Crippen molar-refractivity contribution in [2.24, 2.45) is 0 Å². The van der Waals surface area contributed by atoms with Gasteiger partial charge in [-0.25, -0.2) is 0 Å². The lowest BCUT2D eigenvalue weighted by Gasteiger charge is -2.30. The van der Waals surface area contributed by atoms with Gasteiger partial charge in [0.05, 0.1) is 11.3 Å². The van der Waals surface area contributed by atoms with E-state index in [4.69, 9.17) is 5.26 Å². The Balaban J connectivity index is 3.10. The molecule has 0 atom stereocenters. The molecule has 0 spiro atoms. The van der Waals surface area contributed by atoms with Gasteiger partial charge in [-0.2, -0.15) is 5.26 Å². The number of rotatable bonds is 4. The first kappa shape index (κ1) is 12.6. The van der Waals surface area contributed by atoms with Crippen LogP contribution in [0.25, 0.3) is 0 Å². The van der Waals surface area contributed by atoms with Crippen LogP contribution >= 0.6 is 0 Å². The average Bonchev–Trinajstić information content (AvgIpc) is 2.31. The molecule has 0 saturated heterocycles. The summed E-state index contributed by atoms with van der Waals surface area (Å²) in [7, 11) is 0. The van der Waals surface area contributed by atoms with Crippen LogP contribution in [0, 0.1) is 18.3 Å². The van der Waals surface area contributed by atoms with Crippen LogP contribution in [0.15, 0.2) is 18.2 Å². The van der Waals surface area contributed by atoms with Crippen molar-refractivity contribution in [3.8, 4) is 6.07 Å². The van der Waals surface area contributed by atoms with Gasteiger partial charge in [0.15, 0.2) is 0 Å². The first-order chi connectivity index (χ1) is 7.56. The summed E-state index contributed by atoms with van der Waals surface area (Å²) in [5.74, 6) is 0. The highest BCUT2D eigenvalue weighted by molar-refractivity contribution is 5.63. The molecule has 0 fully saturated rings. The number of para-hydroxylation sites is 1. The number of anilines is 1. The van der Waals surface area contributed by atoms with Gasteiger partial charge in [0.2, 0.25) is 0 Å². The number of benzene rings is 1. The number of nitrogens with one attached hydrogen (secondary N) is 1. The van der Waals surface area contributed by atoms with E-state index in [1.807, 2.05) is 25.1 Å². The van der Waals surface area contributed by atoms with E-state index >= 15 is 0 Å². The molecule has 0 saturated carbocycles. The Bertz CT molecular complexity index is 398. The second-order valence-electron chi connectivity index (χ2n) is 4.50. The van der Waals surface area contributed by atoms with Crippen LogP contribution < -0.4 is 5.32 Å². The third-order valence-corrected chi connectivity index (χ3v) is 3.38. The van der Waals surface area contributed by atoms with E-state index in [2.05, 4.69) is 32.2 Å². The first-order valence-corrected chi connectivity index (χ1v) is 5.84. The second-order valence-corrected chi connectivity index (χ2v) is 4.50. The van der Waals surface area contributed by atoms with E-state index in [-0.39, 0.29) is 5.54 Å². The molecule has 1 N–H and O–H groups in total. The standard InChI is InChI=1S/C14H20N2/c1-5-14(4,6-2)16-13-11(3)8-7-9-12(13)10-15/h7-9,16H,5-6H2,1-4H3. The van der Waals surface area contributed by atoms with Gasteiger partial charge in [-0.1, -0.05) is 26.0 Å². The number of nitriles is 1. The Morgan fingerprint density at radius 3 is 2.44 bits per heavy atom. The molecule has 0 radical (unpaired) electrons. The molecule has 2 heteroatoms. The van der Waals surface area contributed by atoms with Crippen molar-refractivity contribution in [3.63, 3.8) is 0 Å². The van der Waals surface area contributed by atoms with Crippen LogP contribution in [0.3, 0.4) is 0 Å². The predicted molar refractivity (Wildman–Crippen MR) is 68.5 cm³/mol. The maximum absolute atomic E-state index is 9.10. The summed E-state index contributed by atoms with van der Waals surface area (Å²) in [6.07, 6.45) is 2.09. The lowest BCUT2D eigenvalue weighted by molar-refractivity contribution is 0.478. The lowest BCUT2D eigenvalue weighted by Crippen LogP contribution is -2.33. The molecule has 1 aromatic rings. The zero-order valence-electron chi connectivity index (χ0n) is 10.6. The molecule has 2 nitrogen and oxygen atoms in total. The van der Waals surface area contributed by atoms with Crippen LogP contribution in [0.1, 0.15) is 44.7 Å². The number of nitrogens with zero attached hydrogens (tertiary/aromatic N) is 1. The highest BCUT2D eigenvalue weighted by Gasteiger charge is 2.21. The Hall–Kier alpha value is -1.49. The van der Waals surface area contributed by atoms with Crippen LogP contribution in [0.2, 0.25) is 0 Å². The summed E-state index contributed by atoms with van der Waals surface area (Å²) in [5.41, 5.74) is 2.91. The maximum atomic E-state index is 9.10. The third-order valence-electron chi connectivity index (χ3n) is 3.38. The largest absolute Gasteiger partial charge is 0.379 e. The van der Waals surface area contributed by atoms with Crippen LogP contribution in [0.5, 0.6) is 0 Å². The molecular formula is C14H20N2. The van der Waals surface area contributed by atoms with Gasteiger partial charge in [-0.3, -0.25) is 0 Å². The molecular weight excluding hydrogens is 196 g/mol. The summed E-state index contributed by atoms with van der Waals surface area (Å²) < 4.78 is 0. The Labute approximate surface area is 98.3 Å². The van der Waals surface area contributed by atoms with Gasteiger partial charge >= 0.3 is 0 Å². The fourth-order valence-electron chi connectivity index (χ4n) is 1.66. The van der Waals surface area contributed by atoms with Crippen LogP contribution in [-0.2, 0) is 0 Å². The van der Waals surface area contributed by atoms with Crippen LogP contribution in [0.4, 0.5) is 5.69 Å². The van der Waals surface area contributed by atoms with Crippen molar-refractivity contribution in [2.75, 3.05) is 5.32 Å². The van der Waals surface area contributed by atoms with E-state index in [0.29, 0.717) is 0 Å². The smallest absolute Gasteiger partial charge is 0.101 e. The van der Waals surface area contributed by atoms with Crippen molar-refractivity contribution < 1.29 is 0 Å². The van der Waals surface area contributed by atoms with E-state index in [9.17, 15) is 0 Å². The molecule has 0 unspecified atom stereocenters. The van der Waals surface area contributed by atoms with Gasteiger partial charge < -0.3 is 5.32 Å². The zero-order chi connectivity index (χ0) is 12.2. The minimum Gasteiger partial charge on any atom is -0.379 e. The number of aryl methyl sites for hydroxylation is 1. The van der Waals surface area contributed by atoms with E-state index < -0.39 is 0 Å².